The second-order valence-electron chi connectivity index (χ2n) is 2.57. The van der Waals surface area contributed by atoms with Gasteiger partial charge in [0.1, 0.15) is 12.2 Å². The van der Waals surface area contributed by atoms with Crippen LogP contribution in [0.3, 0.4) is 0 Å². The van der Waals surface area contributed by atoms with Gasteiger partial charge in [0.05, 0.1) is 12.6 Å². The van der Waals surface area contributed by atoms with Gasteiger partial charge in [0.25, 0.3) is 0 Å². The standard InChI is InChI=1S/C6H13NO4/c1-10-6-4(7)5(9)3(8)2-11-6/h3-6,8-9H,2,7H2,1H3/t3-,4-,5-,6-/m1/s1. The van der Waals surface area contributed by atoms with Crippen molar-refractivity contribution in [3.8, 4) is 0 Å². The second kappa shape index (κ2) is 3.46. The normalized spacial score (nSPS) is 45.8. The van der Waals surface area contributed by atoms with Gasteiger partial charge >= 0.3 is 0 Å². The molecule has 1 rings (SSSR count). The molecule has 0 radical (unpaired) electrons. The molecule has 0 aliphatic carbocycles. The van der Waals surface area contributed by atoms with Crippen molar-refractivity contribution in [2.24, 2.45) is 5.73 Å². The average molecular weight is 163 g/mol. The van der Waals surface area contributed by atoms with Crippen LogP contribution in [0.2, 0.25) is 0 Å². The van der Waals surface area contributed by atoms with Crippen molar-refractivity contribution in [3.63, 3.8) is 0 Å². The lowest BCUT2D eigenvalue weighted by Crippen LogP contribution is -2.57. The van der Waals surface area contributed by atoms with Gasteiger partial charge in [-0.15, -0.1) is 0 Å². The molecule has 0 unspecified atom stereocenters. The maximum absolute atomic E-state index is 9.21. The van der Waals surface area contributed by atoms with E-state index in [0.717, 1.165) is 0 Å². The van der Waals surface area contributed by atoms with E-state index < -0.39 is 24.5 Å². The number of nitrogens with two attached hydrogens (primary N) is 1. The first kappa shape index (κ1) is 8.89. The summed E-state index contributed by atoms with van der Waals surface area (Å²) >= 11 is 0. The number of methoxy groups -OCH3 is 1. The number of aliphatic hydroxyl groups excluding tert-OH is 2. The summed E-state index contributed by atoms with van der Waals surface area (Å²) in [5, 5.41) is 18.3. The molecule has 66 valence electrons. The molecule has 0 aromatic rings. The minimum Gasteiger partial charge on any atom is -0.389 e. The van der Waals surface area contributed by atoms with Crippen LogP contribution >= 0.6 is 0 Å². The molecule has 5 heteroatoms. The highest BCUT2D eigenvalue weighted by Crippen LogP contribution is 2.13. The van der Waals surface area contributed by atoms with Crippen LogP contribution in [-0.2, 0) is 9.47 Å². The SMILES string of the molecule is CO[C@@H]1OC[C@@H](O)[C@@H](O)[C@H]1N. The largest absolute Gasteiger partial charge is 0.389 e. The molecule has 0 spiro atoms. The molecule has 0 amide bonds. The van der Waals surface area contributed by atoms with Crippen LogP contribution in [0, 0.1) is 0 Å². The lowest BCUT2D eigenvalue weighted by atomic mass is 10.0. The molecular weight excluding hydrogens is 150 g/mol. The van der Waals surface area contributed by atoms with Crippen molar-refractivity contribution < 1.29 is 19.7 Å². The van der Waals surface area contributed by atoms with Crippen LogP contribution in [0.5, 0.6) is 0 Å². The highest BCUT2D eigenvalue weighted by Gasteiger charge is 2.36. The molecule has 1 heterocycles. The topological polar surface area (TPSA) is 84.9 Å². The Morgan fingerprint density at radius 1 is 1.55 bits per heavy atom. The van der Waals surface area contributed by atoms with Gasteiger partial charge in [-0.3, -0.25) is 0 Å². The molecule has 1 fully saturated rings. The Morgan fingerprint density at radius 3 is 2.73 bits per heavy atom. The summed E-state index contributed by atoms with van der Waals surface area (Å²) < 4.78 is 9.77. The van der Waals surface area contributed by atoms with E-state index in [9.17, 15) is 5.11 Å². The van der Waals surface area contributed by atoms with Crippen molar-refractivity contribution in [2.45, 2.75) is 24.5 Å². The van der Waals surface area contributed by atoms with Gasteiger partial charge in [0, 0.05) is 7.11 Å². The van der Waals surface area contributed by atoms with Gasteiger partial charge in [-0.1, -0.05) is 0 Å². The molecule has 1 aliphatic heterocycles. The lowest BCUT2D eigenvalue weighted by Gasteiger charge is -2.34. The molecular formula is C6H13NO4. The number of hydrogen-bond acceptors (Lipinski definition) is 5. The summed E-state index contributed by atoms with van der Waals surface area (Å²) in [6.07, 6.45) is -2.49. The molecule has 4 N–H and O–H groups in total. The summed E-state index contributed by atoms with van der Waals surface area (Å²) in [7, 11) is 1.44. The Bertz CT molecular complexity index is 130. The zero-order valence-corrected chi connectivity index (χ0v) is 6.30. The molecule has 11 heavy (non-hydrogen) atoms. The predicted molar refractivity (Wildman–Crippen MR) is 36.7 cm³/mol. The Hall–Kier alpha value is -0.200. The van der Waals surface area contributed by atoms with Crippen molar-refractivity contribution in [3.05, 3.63) is 0 Å². The van der Waals surface area contributed by atoms with Gasteiger partial charge in [-0.2, -0.15) is 0 Å². The number of hydrogen-bond donors (Lipinski definition) is 3. The maximum Gasteiger partial charge on any atom is 0.174 e. The number of aliphatic hydroxyl groups is 2. The van der Waals surface area contributed by atoms with Gasteiger partial charge in [0.15, 0.2) is 6.29 Å². The summed E-state index contributed by atoms with van der Waals surface area (Å²) in [5.74, 6) is 0. The van der Waals surface area contributed by atoms with Gasteiger partial charge in [0.2, 0.25) is 0 Å². The minimum atomic E-state index is -0.964. The van der Waals surface area contributed by atoms with E-state index in [4.69, 9.17) is 20.3 Å². The molecule has 0 saturated carbocycles. The van der Waals surface area contributed by atoms with Crippen molar-refractivity contribution in [1.82, 2.24) is 0 Å². The van der Waals surface area contributed by atoms with E-state index in [1.54, 1.807) is 0 Å². The number of ether oxygens (including phenoxy) is 2. The highest BCUT2D eigenvalue weighted by atomic mass is 16.7. The molecule has 0 aromatic heterocycles. The zero-order valence-electron chi connectivity index (χ0n) is 6.30. The fourth-order valence-corrected chi connectivity index (χ4v) is 1.05. The third kappa shape index (κ3) is 1.69. The Morgan fingerprint density at radius 2 is 2.18 bits per heavy atom. The Labute approximate surface area is 64.7 Å². The smallest absolute Gasteiger partial charge is 0.174 e. The van der Waals surface area contributed by atoms with E-state index in [1.165, 1.54) is 7.11 Å². The number of rotatable bonds is 1. The van der Waals surface area contributed by atoms with Crippen molar-refractivity contribution in [1.29, 1.82) is 0 Å². The second-order valence-corrected chi connectivity index (χ2v) is 2.57. The quantitative estimate of drug-likeness (QED) is 0.418. The van der Waals surface area contributed by atoms with E-state index in [-0.39, 0.29) is 6.61 Å². The molecule has 5 nitrogen and oxygen atoms in total. The monoisotopic (exact) mass is 163 g/mol. The fraction of sp³-hybridized carbons (Fsp3) is 1.00. The van der Waals surface area contributed by atoms with Crippen LogP contribution in [-0.4, -0.2) is 48.5 Å². The molecule has 4 atom stereocenters. The summed E-state index contributed by atoms with van der Waals surface area (Å²) in [4.78, 5) is 0. The molecule has 1 aliphatic rings. The van der Waals surface area contributed by atoms with Crippen LogP contribution < -0.4 is 5.73 Å². The first-order chi connectivity index (χ1) is 5.16. The molecule has 1 saturated heterocycles. The van der Waals surface area contributed by atoms with Crippen molar-refractivity contribution in [2.75, 3.05) is 13.7 Å². The van der Waals surface area contributed by atoms with Crippen molar-refractivity contribution >= 4 is 0 Å². The van der Waals surface area contributed by atoms with Crippen LogP contribution in [0.1, 0.15) is 0 Å². The zero-order chi connectivity index (χ0) is 8.43. The summed E-state index contributed by atoms with van der Waals surface area (Å²) in [6.45, 7) is 0.0629. The van der Waals surface area contributed by atoms with Gasteiger partial charge < -0.3 is 25.4 Å². The summed E-state index contributed by atoms with van der Waals surface area (Å²) in [5.41, 5.74) is 5.46. The molecule has 0 aromatic carbocycles. The Kier molecular flexibility index (Phi) is 2.80. The van der Waals surface area contributed by atoms with Crippen LogP contribution in [0.15, 0.2) is 0 Å². The Balaban J connectivity index is 2.52. The molecule has 0 bridgehead atoms. The van der Waals surface area contributed by atoms with E-state index in [2.05, 4.69) is 0 Å². The van der Waals surface area contributed by atoms with Gasteiger partial charge in [-0.25, -0.2) is 0 Å². The predicted octanol–water partition coefficient (Wildman–Crippen LogP) is -1.96. The lowest BCUT2D eigenvalue weighted by molar-refractivity contribution is -0.217. The third-order valence-corrected chi connectivity index (χ3v) is 1.77. The van der Waals surface area contributed by atoms with Crippen LogP contribution in [0.25, 0.3) is 0 Å². The van der Waals surface area contributed by atoms with E-state index in [0.29, 0.717) is 0 Å². The minimum absolute atomic E-state index is 0.0629. The van der Waals surface area contributed by atoms with E-state index in [1.807, 2.05) is 0 Å². The first-order valence-electron chi connectivity index (χ1n) is 3.43. The van der Waals surface area contributed by atoms with E-state index >= 15 is 0 Å². The highest BCUT2D eigenvalue weighted by molar-refractivity contribution is 4.85. The van der Waals surface area contributed by atoms with Gasteiger partial charge in [-0.05, 0) is 0 Å². The van der Waals surface area contributed by atoms with Crippen LogP contribution in [0.4, 0.5) is 0 Å². The maximum atomic E-state index is 9.21. The summed E-state index contributed by atoms with van der Waals surface area (Å²) in [6, 6.07) is -0.677. The third-order valence-electron chi connectivity index (χ3n) is 1.77. The average Bonchev–Trinajstić information content (AvgIpc) is 2.01. The first-order valence-corrected chi connectivity index (χ1v) is 3.43. The fourth-order valence-electron chi connectivity index (χ4n) is 1.05.